The van der Waals surface area contributed by atoms with Crippen molar-refractivity contribution in [3.63, 3.8) is 0 Å². The fourth-order valence-corrected chi connectivity index (χ4v) is 2.19. The molecule has 0 unspecified atom stereocenters. The van der Waals surface area contributed by atoms with Crippen LogP contribution >= 0.6 is 0 Å². The lowest BCUT2D eigenvalue weighted by atomic mass is 10.1. The predicted octanol–water partition coefficient (Wildman–Crippen LogP) is 4.03. The van der Waals surface area contributed by atoms with Gasteiger partial charge in [0.15, 0.2) is 0 Å². The first-order valence-electron chi connectivity index (χ1n) is 7.49. The number of nitrogens with one attached hydrogen (secondary N) is 1. The van der Waals surface area contributed by atoms with Gasteiger partial charge in [0.25, 0.3) is 0 Å². The second kappa shape index (κ2) is 7.90. The number of anilines is 1. The maximum absolute atomic E-state index is 12.7. The van der Waals surface area contributed by atoms with Gasteiger partial charge in [0, 0.05) is 6.92 Å². The zero-order chi connectivity index (χ0) is 19.3. The fourth-order valence-electron chi connectivity index (χ4n) is 2.19. The first-order valence-corrected chi connectivity index (χ1v) is 7.49. The molecule has 0 aliphatic carbocycles. The third-order valence-electron chi connectivity index (χ3n) is 3.37. The minimum Gasteiger partial charge on any atom is -0.489 e. The van der Waals surface area contributed by atoms with Crippen molar-refractivity contribution in [2.24, 2.45) is 0 Å². The monoisotopic (exact) mass is 367 g/mol. The zero-order valence-corrected chi connectivity index (χ0v) is 14.0. The standard InChI is InChI=1S/C18H16F3NO4/c1-11(23)22-16-7-6-14(9-15(16)17(24)25-2)26-10-12-4-3-5-13(8-12)18(19,20)21/h3-9H,10H2,1-2H3,(H,22,23). The van der Waals surface area contributed by atoms with Gasteiger partial charge in [-0.2, -0.15) is 13.2 Å². The number of methoxy groups -OCH3 is 1. The van der Waals surface area contributed by atoms with Gasteiger partial charge in [-0.15, -0.1) is 0 Å². The first-order chi connectivity index (χ1) is 12.2. The van der Waals surface area contributed by atoms with Gasteiger partial charge in [-0.25, -0.2) is 4.79 Å². The molecule has 0 fully saturated rings. The molecule has 0 saturated carbocycles. The van der Waals surface area contributed by atoms with Crippen LogP contribution in [0.5, 0.6) is 5.75 Å². The maximum atomic E-state index is 12.7. The number of halogens is 3. The van der Waals surface area contributed by atoms with Gasteiger partial charge in [-0.3, -0.25) is 4.79 Å². The average Bonchev–Trinajstić information content (AvgIpc) is 2.59. The van der Waals surface area contributed by atoms with Gasteiger partial charge in [0.1, 0.15) is 12.4 Å². The Morgan fingerprint density at radius 3 is 2.46 bits per heavy atom. The van der Waals surface area contributed by atoms with E-state index in [1.54, 1.807) is 0 Å². The van der Waals surface area contributed by atoms with Crippen molar-refractivity contribution >= 4 is 17.6 Å². The number of amides is 1. The third-order valence-corrected chi connectivity index (χ3v) is 3.37. The smallest absolute Gasteiger partial charge is 0.416 e. The maximum Gasteiger partial charge on any atom is 0.416 e. The molecule has 0 heterocycles. The lowest BCUT2D eigenvalue weighted by molar-refractivity contribution is -0.137. The lowest BCUT2D eigenvalue weighted by Gasteiger charge is -2.13. The van der Waals surface area contributed by atoms with Crippen LogP contribution in [0, 0.1) is 0 Å². The SMILES string of the molecule is COC(=O)c1cc(OCc2cccc(C(F)(F)F)c2)ccc1NC(C)=O. The molecule has 0 bridgehead atoms. The van der Waals surface area contributed by atoms with E-state index in [1.807, 2.05) is 0 Å². The van der Waals surface area contributed by atoms with Crippen molar-refractivity contribution in [3.05, 3.63) is 59.2 Å². The van der Waals surface area contributed by atoms with Crippen LogP contribution in [0.2, 0.25) is 0 Å². The summed E-state index contributed by atoms with van der Waals surface area (Å²) < 4.78 is 48.3. The Morgan fingerprint density at radius 1 is 1.12 bits per heavy atom. The van der Waals surface area contributed by atoms with Crippen molar-refractivity contribution in [1.82, 2.24) is 0 Å². The molecule has 2 aromatic rings. The van der Waals surface area contributed by atoms with Gasteiger partial charge in [-0.1, -0.05) is 12.1 Å². The van der Waals surface area contributed by atoms with E-state index in [-0.39, 0.29) is 29.5 Å². The molecule has 2 aromatic carbocycles. The number of alkyl halides is 3. The van der Waals surface area contributed by atoms with E-state index in [4.69, 9.17) is 4.74 Å². The summed E-state index contributed by atoms with van der Waals surface area (Å²) in [5.74, 6) is -0.803. The molecule has 5 nitrogen and oxygen atoms in total. The Kier molecular flexibility index (Phi) is 5.86. The van der Waals surface area contributed by atoms with E-state index in [0.717, 1.165) is 12.1 Å². The van der Waals surface area contributed by atoms with Crippen LogP contribution in [0.3, 0.4) is 0 Å². The van der Waals surface area contributed by atoms with E-state index in [9.17, 15) is 22.8 Å². The molecule has 1 N–H and O–H groups in total. The van der Waals surface area contributed by atoms with E-state index in [1.165, 1.54) is 44.4 Å². The highest BCUT2D eigenvalue weighted by atomic mass is 19.4. The van der Waals surface area contributed by atoms with Crippen LogP contribution in [0.15, 0.2) is 42.5 Å². The summed E-state index contributed by atoms with van der Waals surface area (Å²) in [4.78, 5) is 23.0. The summed E-state index contributed by atoms with van der Waals surface area (Å²) in [6, 6.07) is 9.06. The molecule has 0 aliphatic rings. The molecule has 0 saturated heterocycles. The molecule has 8 heteroatoms. The molecule has 0 aliphatic heterocycles. The van der Waals surface area contributed by atoms with Crippen LogP contribution in [0.25, 0.3) is 0 Å². The van der Waals surface area contributed by atoms with E-state index < -0.39 is 17.7 Å². The molecular weight excluding hydrogens is 351 g/mol. The van der Waals surface area contributed by atoms with E-state index in [2.05, 4.69) is 10.1 Å². The molecule has 26 heavy (non-hydrogen) atoms. The highest BCUT2D eigenvalue weighted by Crippen LogP contribution is 2.30. The minimum atomic E-state index is -4.44. The summed E-state index contributed by atoms with van der Waals surface area (Å²) in [5, 5.41) is 2.49. The first kappa shape index (κ1) is 19.3. The number of carbonyl (C=O) groups excluding carboxylic acids is 2. The average molecular weight is 367 g/mol. The van der Waals surface area contributed by atoms with Crippen LogP contribution in [0.4, 0.5) is 18.9 Å². The van der Waals surface area contributed by atoms with Gasteiger partial charge in [0.2, 0.25) is 5.91 Å². The summed E-state index contributed by atoms with van der Waals surface area (Å²) in [7, 11) is 1.19. The Hall–Kier alpha value is -3.03. The lowest BCUT2D eigenvalue weighted by Crippen LogP contribution is -2.12. The predicted molar refractivity (Wildman–Crippen MR) is 87.9 cm³/mol. The summed E-state index contributed by atoms with van der Waals surface area (Å²) >= 11 is 0. The van der Waals surface area contributed by atoms with Crippen LogP contribution in [0.1, 0.15) is 28.4 Å². The molecule has 0 atom stereocenters. The molecule has 0 radical (unpaired) electrons. The molecule has 1 amide bonds. The van der Waals surface area contributed by atoms with Crippen molar-refractivity contribution < 1.29 is 32.2 Å². The molecule has 138 valence electrons. The van der Waals surface area contributed by atoms with Crippen LogP contribution < -0.4 is 10.1 Å². The van der Waals surface area contributed by atoms with Gasteiger partial charge in [-0.05, 0) is 35.9 Å². The number of hydrogen-bond donors (Lipinski definition) is 1. The quantitative estimate of drug-likeness (QED) is 0.811. The van der Waals surface area contributed by atoms with Gasteiger partial charge < -0.3 is 14.8 Å². The number of hydrogen-bond acceptors (Lipinski definition) is 4. The summed E-state index contributed by atoms with van der Waals surface area (Å²) in [5.41, 5.74) is -0.125. The van der Waals surface area contributed by atoms with Crippen LogP contribution in [-0.2, 0) is 22.3 Å². The number of esters is 1. The van der Waals surface area contributed by atoms with E-state index >= 15 is 0 Å². The Balaban J connectivity index is 2.20. The number of carbonyl (C=O) groups is 2. The van der Waals surface area contributed by atoms with Crippen molar-refractivity contribution in [1.29, 1.82) is 0 Å². The van der Waals surface area contributed by atoms with Crippen LogP contribution in [-0.4, -0.2) is 19.0 Å². The van der Waals surface area contributed by atoms with E-state index in [0.29, 0.717) is 5.56 Å². The number of benzene rings is 2. The summed E-state index contributed by atoms with van der Waals surface area (Å²) in [6.45, 7) is 1.17. The Labute approximate surface area is 147 Å². The Morgan fingerprint density at radius 2 is 1.85 bits per heavy atom. The normalized spacial score (nSPS) is 11.0. The Bertz CT molecular complexity index is 818. The zero-order valence-electron chi connectivity index (χ0n) is 14.0. The number of rotatable bonds is 5. The second-order valence-electron chi connectivity index (χ2n) is 5.37. The van der Waals surface area contributed by atoms with Gasteiger partial charge in [0.05, 0.1) is 23.9 Å². The molecule has 0 spiro atoms. The molecular formula is C18H16F3NO4. The van der Waals surface area contributed by atoms with Gasteiger partial charge >= 0.3 is 12.1 Å². The van der Waals surface area contributed by atoms with Crippen molar-refractivity contribution in [2.75, 3.05) is 12.4 Å². The number of ether oxygens (including phenoxy) is 2. The third kappa shape index (κ3) is 4.98. The molecule has 0 aromatic heterocycles. The highest BCUT2D eigenvalue weighted by Gasteiger charge is 2.30. The van der Waals surface area contributed by atoms with Crippen molar-refractivity contribution in [2.45, 2.75) is 19.7 Å². The molecule has 2 rings (SSSR count). The topological polar surface area (TPSA) is 64.6 Å². The summed E-state index contributed by atoms with van der Waals surface area (Å²) in [6.07, 6.45) is -4.44. The largest absolute Gasteiger partial charge is 0.489 e. The van der Waals surface area contributed by atoms with Crippen molar-refractivity contribution in [3.8, 4) is 5.75 Å². The second-order valence-corrected chi connectivity index (χ2v) is 5.37. The highest BCUT2D eigenvalue weighted by molar-refractivity contribution is 6.01. The minimum absolute atomic E-state index is 0.0734. The fraction of sp³-hybridized carbons (Fsp3) is 0.222.